The number of amides is 1. The van der Waals surface area contributed by atoms with Gasteiger partial charge in [-0.25, -0.2) is 0 Å². The highest BCUT2D eigenvalue weighted by Crippen LogP contribution is 2.29. The monoisotopic (exact) mass is 266 g/mol. The number of carbonyl (C=O) groups excluding carboxylic acids is 1. The molecule has 0 radical (unpaired) electrons. The summed E-state index contributed by atoms with van der Waals surface area (Å²) < 4.78 is 5.11. The number of hydrogen-bond donors (Lipinski definition) is 2. The minimum absolute atomic E-state index is 0.0227. The number of nitrogens with one attached hydrogen (secondary N) is 1. The van der Waals surface area contributed by atoms with Crippen molar-refractivity contribution in [2.24, 2.45) is 0 Å². The molecular formula is C14H22N2O3. The molecule has 2 N–H and O–H groups in total. The summed E-state index contributed by atoms with van der Waals surface area (Å²) in [6, 6.07) is 1.70. The van der Waals surface area contributed by atoms with Crippen LogP contribution >= 0.6 is 0 Å². The fourth-order valence-electron chi connectivity index (χ4n) is 2.51. The van der Waals surface area contributed by atoms with Gasteiger partial charge in [-0.15, -0.1) is 0 Å². The Morgan fingerprint density at radius 3 is 2.84 bits per heavy atom. The number of hydrogen-bond acceptors (Lipinski definition) is 4. The summed E-state index contributed by atoms with van der Waals surface area (Å²) in [5, 5.41) is 16.3. The van der Waals surface area contributed by atoms with Crippen molar-refractivity contribution < 1.29 is 14.4 Å². The Labute approximate surface area is 113 Å². The van der Waals surface area contributed by atoms with Crippen LogP contribution in [-0.4, -0.2) is 28.3 Å². The quantitative estimate of drug-likeness (QED) is 0.857. The maximum atomic E-state index is 12.1. The Hall–Kier alpha value is -1.36. The maximum absolute atomic E-state index is 12.1. The van der Waals surface area contributed by atoms with Gasteiger partial charge in [-0.3, -0.25) is 4.79 Å². The van der Waals surface area contributed by atoms with Gasteiger partial charge in [0, 0.05) is 12.0 Å². The Morgan fingerprint density at radius 2 is 2.26 bits per heavy atom. The van der Waals surface area contributed by atoms with Gasteiger partial charge in [0.25, 0.3) is 5.91 Å². The molecular weight excluding hydrogens is 244 g/mol. The fourth-order valence-corrected chi connectivity index (χ4v) is 2.51. The van der Waals surface area contributed by atoms with Crippen LogP contribution in [0.5, 0.6) is 0 Å². The molecule has 106 valence electrons. The van der Waals surface area contributed by atoms with E-state index in [0.29, 0.717) is 0 Å². The third-order valence-corrected chi connectivity index (χ3v) is 4.11. The molecule has 1 aromatic heterocycles. The van der Waals surface area contributed by atoms with Gasteiger partial charge in [-0.05, 0) is 19.3 Å². The van der Waals surface area contributed by atoms with E-state index in [9.17, 15) is 9.90 Å². The van der Waals surface area contributed by atoms with Crippen LogP contribution in [0.4, 0.5) is 0 Å². The van der Waals surface area contributed by atoms with Crippen molar-refractivity contribution in [3.8, 4) is 0 Å². The molecule has 0 aromatic carbocycles. The number of carbonyl (C=O) groups is 1. The van der Waals surface area contributed by atoms with Crippen LogP contribution in [0.1, 0.15) is 68.1 Å². The van der Waals surface area contributed by atoms with E-state index in [-0.39, 0.29) is 24.2 Å². The van der Waals surface area contributed by atoms with Crippen LogP contribution in [0.2, 0.25) is 0 Å². The topological polar surface area (TPSA) is 75.4 Å². The largest absolute Gasteiger partial charge is 0.394 e. The van der Waals surface area contributed by atoms with E-state index >= 15 is 0 Å². The lowest BCUT2D eigenvalue weighted by Gasteiger charge is -2.27. The fraction of sp³-hybridized carbons (Fsp3) is 0.714. The average Bonchev–Trinajstić information content (AvgIpc) is 3.07. The summed E-state index contributed by atoms with van der Waals surface area (Å²) >= 11 is 0. The molecule has 1 fully saturated rings. The van der Waals surface area contributed by atoms with Crippen LogP contribution in [-0.2, 0) is 0 Å². The second kappa shape index (κ2) is 5.74. The molecule has 1 atom stereocenters. The Balaban J connectivity index is 2.05. The Morgan fingerprint density at radius 1 is 1.58 bits per heavy atom. The highest BCUT2D eigenvalue weighted by atomic mass is 16.5. The first-order valence-corrected chi connectivity index (χ1v) is 7.00. The van der Waals surface area contributed by atoms with Crippen LogP contribution in [0.3, 0.4) is 0 Å². The van der Waals surface area contributed by atoms with Crippen molar-refractivity contribution in [2.75, 3.05) is 6.61 Å². The van der Waals surface area contributed by atoms with Crippen molar-refractivity contribution in [3.63, 3.8) is 0 Å². The predicted octanol–water partition coefficient (Wildman–Crippen LogP) is 2.22. The molecule has 1 aliphatic carbocycles. The molecule has 1 heterocycles. The lowest BCUT2D eigenvalue weighted by molar-refractivity contribution is 0.0801. The molecule has 5 heteroatoms. The SMILES string of the molecule is CCC(C)c1cc(C(=O)NC2(CO)CCCC2)on1. The molecule has 0 bridgehead atoms. The van der Waals surface area contributed by atoms with E-state index in [1.807, 2.05) is 6.92 Å². The van der Waals surface area contributed by atoms with E-state index in [0.717, 1.165) is 37.8 Å². The van der Waals surface area contributed by atoms with Gasteiger partial charge < -0.3 is 14.9 Å². The minimum atomic E-state index is -0.472. The van der Waals surface area contributed by atoms with Gasteiger partial charge in [-0.2, -0.15) is 0 Å². The first kappa shape index (κ1) is 14.1. The zero-order chi connectivity index (χ0) is 13.9. The van der Waals surface area contributed by atoms with Crippen molar-refractivity contribution in [3.05, 3.63) is 17.5 Å². The van der Waals surface area contributed by atoms with Crippen molar-refractivity contribution in [1.29, 1.82) is 0 Å². The van der Waals surface area contributed by atoms with E-state index in [1.54, 1.807) is 6.07 Å². The third-order valence-electron chi connectivity index (χ3n) is 4.11. The summed E-state index contributed by atoms with van der Waals surface area (Å²) in [6.07, 6.45) is 4.67. The molecule has 1 aliphatic rings. The molecule has 0 aliphatic heterocycles. The normalized spacial score (nSPS) is 19.3. The molecule has 1 unspecified atom stereocenters. The van der Waals surface area contributed by atoms with Gasteiger partial charge in [-0.1, -0.05) is 31.8 Å². The predicted molar refractivity (Wildman–Crippen MR) is 71.0 cm³/mol. The number of aliphatic hydroxyl groups is 1. The highest BCUT2D eigenvalue weighted by molar-refractivity contribution is 5.92. The zero-order valence-corrected chi connectivity index (χ0v) is 11.6. The van der Waals surface area contributed by atoms with E-state index in [2.05, 4.69) is 17.4 Å². The number of aromatic nitrogens is 1. The minimum Gasteiger partial charge on any atom is -0.394 e. The van der Waals surface area contributed by atoms with Gasteiger partial charge >= 0.3 is 0 Å². The van der Waals surface area contributed by atoms with E-state index in [1.165, 1.54) is 0 Å². The van der Waals surface area contributed by atoms with Crippen molar-refractivity contribution >= 4 is 5.91 Å². The Kier molecular flexibility index (Phi) is 4.24. The zero-order valence-electron chi connectivity index (χ0n) is 11.6. The van der Waals surface area contributed by atoms with Crippen LogP contribution < -0.4 is 5.32 Å². The summed E-state index contributed by atoms with van der Waals surface area (Å²) in [7, 11) is 0. The van der Waals surface area contributed by atoms with E-state index in [4.69, 9.17) is 4.52 Å². The maximum Gasteiger partial charge on any atom is 0.290 e. The first-order valence-electron chi connectivity index (χ1n) is 7.00. The highest BCUT2D eigenvalue weighted by Gasteiger charge is 2.35. The lowest BCUT2D eigenvalue weighted by Crippen LogP contribution is -2.49. The number of aliphatic hydroxyl groups excluding tert-OH is 1. The number of nitrogens with zero attached hydrogens (tertiary/aromatic N) is 1. The van der Waals surface area contributed by atoms with Crippen molar-refractivity contribution in [1.82, 2.24) is 10.5 Å². The van der Waals surface area contributed by atoms with Crippen molar-refractivity contribution in [2.45, 2.75) is 57.4 Å². The second-order valence-corrected chi connectivity index (χ2v) is 5.52. The van der Waals surface area contributed by atoms with Gasteiger partial charge in [0.15, 0.2) is 0 Å². The summed E-state index contributed by atoms with van der Waals surface area (Å²) in [5.41, 5.74) is 0.331. The molecule has 5 nitrogen and oxygen atoms in total. The molecule has 1 saturated carbocycles. The van der Waals surface area contributed by atoms with Gasteiger partial charge in [0.2, 0.25) is 5.76 Å². The standard InChI is InChI=1S/C14H22N2O3/c1-3-10(2)11-8-12(19-16-11)13(18)15-14(9-17)6-4-5-7-14/h8,10,17H,3-7,9H2,1-2H3,(H,15,18). The molecule has 2 rings (SSSR count). The average molecular weight is 266 g/mol. The Bertz CT molecular complexity index is 436. The van der Waals surface area contributed by atoms with Crippen LogP contribution in [0.25, 0.3) is 0 Å². The van der Waals surface area contributed by atoms with Gasteiger partial charge in [0.05, 0.1) is 17.8 Å². The van der Waals surface area contributed by atoms with Crippen LogP contribution in [0.15, 0.2) is 10.6 Å². The van der Waals surface area contributed by atoms with Gasteiger partial charge in [0.1, 0.15) is 0 Å². The third kappa shape index (κ3) is 2.97. The number of rotatable bonds is 5. The molecule has 1 amide bonds. The molecule has 0 saturated heterocycles. The second-order valence-electron chi connectivity index (χ2n) is 5.52. The summed E-state index contributed by atoms with van der Waals surface area (Å²) in [4.78, 5) is 12.1. The van der Waals surface area contributed by atoms with Crippen LogP contribution in [0, 0.1) is 0 Å². The smallest absolute Gasteiger partial charge is 0.290 e. The molecule has 19 heavy (non-hydrogen) atoms. The lowest BCUT2D eigenvalue weighted by atomic mass is 9.98. The summed E-state index contributed by atoms with van der Waals surface area (Å²) in [5.74, 6) is 0.233. The van der Waals surface area contributed by atoms with E-state index < -0.39 is 5.54 Å². The molecule has 0 spiro atoms. The molecule has 1 aromatic rings. The summed E-state index contributed by atoms with van der Waals surface area (Å²) in [6.45, 7) is 4.09. The first-order chi connectivity index (χ1) is 9.10.